The number of terminal acetylenes is 1. The summed E-state index contributed by atoms with van der Waals surface area (Å²) in [5, 5.41) is 8.88. The van der Waals surface area contributed by atoms with Crippen LogP contribution < -0.4 is 4.90 Å². The van der Waals surface area contributed by atoms with Crippen molar-refractivity contribution < 1.29 is 14.3 Å². The summed E-state index contributed by atoms with van der Waals surface area (Å²) < 4.78 is 14.0. The van der Waals surface area contributed by atoms with Gasteiger partial charge in [0, 0.05) is 6.54 Å². The average Bonchev–Trinajstić information content (AvgIpc) is 2.32. The maximum Gasteiger partial charge on any atom is 0.336 e. The van der Waals surface area contributed by atoms with E-state index >= 15 is 0 Å². The zero-order valence-electron chi connectivity index (χ0n) is 9.91. The molecule has 96 valence electrons. The fourth-order valence-corrected chi connectivity index (χ4v) is 2.12. The first-order valence-electron chi connectivity index (χ1n) is 5.42. The SMILES string of the molecule is C#CCN(CCC)c1ccc(C(=O)O)c(Br)c1F. The van der Waals surface area contributed by atoms with Gasteiger partial charge < -0.3 is 10.0 Å². The molecule has 0 aliphatic carbocycles. The van der Waals surface area contributed by atoms with E-state index in [0.717, 1.165) is 6.42 Å². The van der Waals surface area contributed by atoms with E-state index in [1.807, 2.05) is 6.92 Å². The Labute approximate surface area is 114 Å². The molecule has 1 aromatic carbocycles. The van der Waals surface area contributed by atoms with Crippen molar-refractivity contribution in [3.8, 4) is 12.3 Å². The third kappa shape index (κ3) is 3.02. The van der Waals surface area contributed by atoms with E-state index < -0.39 is 11.8 Å². The molecule has 0 fully saturated rings. The van der Waals surface area contributed by atoms with E-state index in [2.05, 4.69) is 21.9 Å². The summed E-state index contributed by atoms with van der Waals surface area (Å²) in [6.07, 6.45) is 6.06. The Balaban J connectivity index is 3.21. The van der Waals surface area contributed by atoms with Crippen LogP contribution >= 0.6 is 15.9 Å². The van der Waals surface area contributed by atoms with Crippen molar-refractivity contribution in [1.29, 1.82) is 0 Å². The van der Waals surface area contributed by atoms with E-state index in [1.165, 1.54) is 12.1 Å². The number of halogens is 2. The molecule has 0 saturated heterocycles. The summed E-state index contributed by atoms with van der Waals surface area (Å²) in [4.78, 5) is 12.6. The summed E-state index contributed by atoms with van der Waals surface area (Å²) in [5.74, 6) is 0.690. The van der Waals surface area contributed by atoms with Gasteiger partial charge in [0.25, 0.3) is 0 Å². The summed E-state index contributed by atoms with van der Waals surface area (Å²) in [5.41, 5.74) is 0.208. The largest absolute Gasteiger partial charge is 0.478 e. The molecular weight excluding hydrogens is 301 g/mol. The van der Waals surface area contributed by atoms with Gasteiger partial charge in [0.15, 0.2) is 5.82 Å². The topological polar surface area (TPSA) is 40.5 Å². The Hall–Kier alpha value is -1.54. The number of nitrogens with zero attached hydrogens (tertiary/aromatic N) is 1. The number of hydrogen-bond acceptors (Lipinski definition) is 2. The highest BCUT2D eigenvalue weighted by molar-refractivity contribution is 9.10. The van der Waals surface area contributed by atoms with Crippen molar-refractivity contribution >= 4 is 27.6 Å². The fraction of sp³-hybridized carbons (Fsp3) is 0.308. The first-order chi connectivity index (χ1) is 8.52. The fourth-order valence-electron chi connectivity index (χ4n) is 1.61. The molecule has 0 aromatic heterocycles. The molecule has 0 bridgehead atoms. The molecule has 0 spiro atoms. The minimum atomic E-state index is -1.17. The van der Waals surface area contributed by atoms with E-state index in [-0.39, 0.29) is 16.6 Å². The number of rotatable bonds is 5. The van der Waals surface area contributed by atoms with Crippen LogP contribution in [0.25, 0.3) is 0 Å². The van der Waals surface area contributed by atoms with Crippen LogP contribution in [-0.4, -0.2) is 24.2 Å². The molecule has 3 nitrogen and oxygen atoms in total. The molecule has 0 unspecified atom stereocenters. The Morgan fingerprint density at radius 2 is 2.28 bits per heavy atom. The summed E-state index contributed by atoms with van der Waals surface area (Å²) in [7, 11) is 0. The van der Waals surface area contributed by atoms with Gasteiger partial charge in [0.2, 0.25) is 0 Å². The van der Waals surface area contributed by atoms with Crippen molar-refractivity contribution in [3.63, 3.8) is 0 Å². The van der Waals surface area contributed by atoms with Gasteiger partial charge in [0.05, 0.1) is 22.3 Å². The second-order valence-electron chi connectivity index (χ2n) is 3.69. The van der Waals surface area contributed by atoms with E-state index in [1.54, 1.807) is 4.90 Å². The number of benzene rings is 1. The predicted molar refractivity (Wildman–Crippen MR) is 72.4 cm³/mol. The molecule has 0 radical (unpaired) electrons. The van der Waals surface area contributed by atoms with Gasteiger partial charge >= 0.3 is 5.97 Å². The highest BCUT2D eigenvalue weighted by atomic mass is 79.9. The van der Waals surface area contributed by atoms with E-state index in [0.29, 0.717) is 12.2 Å². The highest BCUT2D eigenvalue weighted by Gasteiger charge is 2.18. The average molecular weight is 314 g/mol. The lowest BCUT2D eigenvalue weighted by Crippen LogP contribution is -2.25. The zero-order valence-corrected chi connectivity index (χ0v) is 11.5. The maximum atomic E-state index is 14.1. The van der Waals surface area contributed by atoms with Crippen LogP contribution in [0.2, 0.25) is 0 Å². The number of carbonyl (C=O) groups is 1. The number of carboxylic acids is 1. The van der Waals surface area contributed by atoms with E-state index in [9.17, 15) is 9.18 Å². The van der Waals surface area contributed by atoms with Gasteiger partial charge in [-0.15, -0.1) is 6.42 Å². The number of anilines is 1. The second-order valence-corrected chi connectivity index (χ2v) is 4.48. The molecule has 1 aromatic rings. The van der Waals surface area contributed by atoms with Gasteiger partial charge in [-0.1, -0.05) is 12.8 Å². The smallest absolute Gasteiger partial charge is 0.336 e. The van der Waals surface area contributed by atoms with Crippen LogP contribution in [0.3, 0.4) is 0 Å². The van der Waals surface area contributed by atoms with Crippen molar-refractivity contribution in [2.45, 2.75) is 13.3 Å². The van der Waals surface area contributed by atoms with Crippen LogP contribution in [-0.2, 0) is 0 Å². The molecule has 0 amide bonds. The summed E-state index contributed by atoms with van der Waals surface area (Å²) in [6, 6.07) is 2.81. The van der Waals surface area contributed by atoms with Crippen molar-refractivity contribution in [2.75, 3.05) is 18.0 Å². The minimum absolute atomic E-state index is 0.0503. The quantitative estimate of drug-likeness (QED) is 0.849. The molecule has 0 aliphatic heterocycles. The standard InChI is InChI=1S/C13H13BrFNO2/c1-3-7-16(8-4-2)10-6-5-9(13(17)18)11(14)12(10)15/h1,5-6H,4,7-8H2,2H3,(H,17,18). The Morgan fingerprint density at radius 3 is 2.78 bits per heavy atom. The van der Waals surface area contributed by atoms with Crippen LogP contribution in [0, 0.1) is 18.2 Å². The number of aromatic carboxylic acids is 1. The van der Waals surface area contributed by atoms with Gasteiger partial charge in [-0.05, 0) is 34.5 Å². The minimum Gasteiger partial charge on any atom is -0.478 e. The molecule has 18 heavy (non-hydrogen) atoms. The normalized spacial score (nSPS) is 9.89. The second kappa shape index (κ2) is 6.41. The molecule has 0 atom stereocenters. The number of carboxylic acid groups (broad SMARTS) is 1. The maximum absolute atomic E-state index is 14.1. The Bertz CT molecular complexity index is 496. The monoisotopic (exact) mass is 313 g/mol. The van der Waals surface area contributed by atoms with Crippen molar-refractivity contribution in [1.82, 2.24) is 0 Å². The van der Waals surface area contributed by atoms with Gasteiger partial charge in [-0.3, -0.25) is 0 Å². The van der Waals surface area contributed by atoms with Gasteiger partial charge in [0.1, 0.15) is 0 Å². The third-order valence-corrected chi connectivity index (χ3v) is 3.18. The lowest BCUT2D eigenvalue weighted by molar-refractivity contribution is 0.0695. The first kappa shape index (κ1) is 14.5. The molecule has 0 saturated carbocycles. The number of hydrogen-bond donors (Lipinski definition) is 1. The van der Waals surface area contributed by atoms with Crippen LogP contribution in [0.4, 0.5) is 10.1 Å². The van der Waals surface area contributed by atoms with Crippen molar-refractivity contribution in [2.24, 2.45) is 0 Å². The Kier molecular flexibility index (Phi) is 5.17. The van der Waals surface area contributed by atoms with Crippen molar-refractivity contribution in [3.05, 3.63) is 28.0 Å². The first-order valence-corrected chi connectivity index (χ1v) is 6.21. The highest BCUT2D eigenvalue weighted by Crippen LogP contribution is 2.29. The molecule has 1 rings (SSSR count). The molecule has 0 heterocycles. The Morgan fingerprint density at radius 1 is 1.61 bits per heavy atom. The summed E-state index contributed by atoms with van der Waals surface area (Å²) >= 11 is 2.97. The van der Waals surface area contributed by atoms with Gasteiger partial charge in [-0.25, -0.2) is 9.18 Å². The lowest BCUT2D eigenvalue weighted by atomic mass is 10.1. The lowest BCUT2D eigenvalue weighted by Gasteiger charge is -2.23. The molecule has 0 aliphatic rings. The summed E-state index contributed by atoms with van der Waals surface area (Å²) in [6.45, 7) is 2.85. The molecular formula is C13H13BrFNO2. The third-order valence-electron chi connectivity index (χ3n) is 2.41. The molecule has 5 heteroatoms. The van der Waals surface area contributed by atoms with Crippen LogP contribution in [0.5, 0.6) is 0 Å². The van der Waals surface area contributed by atoms with Crippen LogP contribution in [0.15, 0.2) is 16.6 Å². The molecule has 1 N–H and O–H groups in total. The van der Waals surface area contributed by atoms with Crippen LogP contribution in [0.1, 0.15) is 23.7 Å². The predicted octanol–water partition coefficient (Wildman–Crippen LogP) is 3.14. The van der Waals surface area contributed by atoms with E-state index in [4.69, 9.17) is 11.5 Å². The zero-order chi connectivity index (χ0) is 13.7. The van der Waals surface area contributed by atoms with Gasteiger partial charge in [-0.2, -0.15) is 0 Å².